The molecule has 1 aromatic rings. The molecule has 126 valence electrons. The Bertz CT molecular complexity index is 493. The van der Waals surface area contributed by atoms with Crippen molar-refractivity contribution in [2.75, 3.05) is 13.7 Å². The third-order valence-corrected chi connectivity index (χ3v) is 3.91. The minimum absolute atomic E-state index is 0.0798. The summed E-state index contributed by atoms with van der Waals surface area (Å²) in [6, 6.07) is 4.13. The van der Waals surface area contributed by atoms with Crippen molar-refractivity contribution in [1.29, 1.82) is 0 Å². The summed E-state index contributed by atoms with van der Waals surface area (Å²) < 4.78 is 12.0. The van der Waals surface area contributed by atoms with Crippen molar-refractivity contribution in [3.63, 3.8) is 0 Å². The van der Waals surface area contributed by atoms with Crippen molar-refractivity contribution >= 4 is 15.9 Å². The molecule has 0 aliphatic rings. The molecule has 0 amide bonds. The van der Waals surface area contributed by atoms with Gasteiger partial charge in [-0.15, -0.1) is 0 Å². The fourth-order valence-electron chi connectivity index (χ4n) is 2.91. The lowest BCUT2D eigenvalue weighted by Crippen LogP contribution is -2.41. The van der Waals surface area contributed by atoms with Gasteiger partial charge < -0.3 is 14.8 Å². The van der Waals surface area contributed by atoms with Gasteiger partial charge in [0, 0.05) is 12.1 Å². The van der Waals surface area contributed by atoms with Crippen LogP contribution < -0.4 is 14.8 Å². The first kappa shape index (κ1) is 19.3. The molecule has 0 bridgehead atoms. The van der Waals surface area contributed by atoms with Gasteiger partial charge in [-0.25, -0.2) is 0 Å². The fourth-order valence-corrected chi connectivity index (χ4v) is 3.57. The van der Waals surface area contributed by atoms with Crippen molar-refractivity contribution in [2.45, 2.75) is 60.0 Å². The van der Waals surface area contributed by atoms with E-state index in [-0.39, 0.29) is 5.54 Å². The molecular formula is C18H30BrNO2. The molecule has 0 spiro atoms. The first-order valence-electron chi connectivity index (χ1n) is 7.82. The fraction of sp³-hybridized carbons (Fsp3) is 0.667. The Labute approximate surface area is 143 Å². The number of ether oxygens (including phenoxy) is 2. The van der Waals surface area contributed by atoms with Gasteiger partial charge in [0.1, 0.15) is 0 Å². The van der Waals surface area contributed by atoms with Crippen molar-refractivity contribution in [1.82, 2.24) is 5.32 Å². The van der Waals surface area contributed by atoms with Crippen LogP contribution in [-0.4, -0.2) is 19.3 Å². The van der Waals surface area contributed by atoms with Crippen LogP contribution in [-0.2, 0) is 6.54 Å². The van der Waals surface area contributed by atoms with E-state index in [1.807, 2.05) is 13.0 Å². The second-order valence-corrected chi connectivity index (χ2v) is 8.37. The van der Waals surface area contributed by atoms with Gasteiger partial charge in [-0.2, -0.15) is 0 Å². The van der Waals surface area contributed by atoms with Crippen LogP contribution in [0.3, 0.4) is 0 Å². The molecular weight excluding hydrogens is 342 g/mol. The summed E-state index contributed by atoms with van der Waals surface area (Å²) in [6.07, 6.45) is 1.11. The maximum Gasteiger partial charge on any atom is 0.174 e. The summed E-state index contributed by atoms with van der Waals surface area (Å²) in [6.45, 7) is 14.7. The van der Waals surface area contributed by atoms with Crippen molar-refractivity contribution in [3.8, 4) is 11.5 Å². The van der Waals surface area contributed by atoms with Crippen LogP contribution in [0.2, 0.25) is 0 Å². The van der Waals surface area contributed by atoms with E-state index in [4.69, 9.17) is 9.47 Å². The standard InChI is InChI=1S/C18H30BrNO2/c1-8-22-15-10-13(9-14(19)16(15)21-7)11-20-18(5,6)12-17(2,3)4/h9-10,20H,8,11-12H2,1-7H3. The van der Waals surface area contributed by atoms with E-state index >= 15 is 0 Å². The van der Waals surface area contributed by atoms with Crippen molar-refractivity contribution in [3.05, 3.63) is 22.2 Å². The third-order valence-electron chi connectivity index (χ3n) is 3.32. The lowest BCUT2D eigenvalue weighted by molar-refractivity contribution is 0.240. The average Bonchev–Trinajstić information content (AvgIpc) is 2.34. The molecule has 0 fully saturated rings. The maximum absolute atomic E-state index is 5.68. The molecule has 3 nitrogen and oxygen atoms in total. The highest BCUT2D eigenvalue weighted by Crippen LogP contribution is 2.36. The van der Waals surface area contributed by atoms with Gasteiger partial charge >= 0.3 is 0 Å². The van der Waals surface area contributed by atoms with Gasteiger partial charge in [0.25, 0.3) is 0 Å². The van der Waals surface area contributed by atoms with E-state index < -0.39 is 0 Å². The Hall–Kier alpha value is -0.740. The predicted octanol–water partition coefficient (Wildman–Crippen LogP) is 5.16. The van der Waals surface area contributed by atoms with Gasteiger partial charge in [-0.1, -0.05) is 20.8 Å². The second kappa shape index (κ2) is 7.69. The molecule has 22 heavy (non-hydrogen) atoms. The molecule has 0 saturated carbocycles. The highest BCUT2D eigenvalue weighted by molar-refractivity contribution is 9.10. The summed E-state index contributed by atoms with van der Waals surface area (Å²) in [7, 11) is 1.66. The molecule has 0 aromatic heterocycles. The SMILES string of the molecule is CCOc1cc(CNC(C)(C)CC(C)(C)C)cc(Br)c1OC. The molecule has 0 radical (unpaired) electrons. The summed E-state index contributed by atoms with van der Waals surface area (Å²) in [5.74, 6) is 1.53. The van der Waals surface area contributed by atoms with Crippen LogP contribution in [0.25, 0.3) is 0 Å². The topological polar surface area (TPSA) is 30.5 Å². The number of benzene rings is 1. The van der Waals surface area contributed by atoms with Crippen LogP contribution in [0.15, 0.2) is 16.6 Å². The average molecular weight is 372 g/mol. The zero-order valence-electron chi connectivity index (χ0n) is 15.0. The molecule has 0 saturated heterocycles. The normalized spacial score (nSPS) is 12.4. The van der Waals surface area contributed by atoms with Crippen molar-refractivity contribution in [2.24, 2.45) is 5.41 Å². The molecule has 1 aromatic carbocycles. The molecule has 0 heterocycles. The maximum atomic E-state index is 5.68. The summed E-state index contributed by atoms with van der Waals surface area (Å²) in [5, 5.41) is 3.65. The quantitative estimate of drug-likeness (QED) is 0.717. The van der Waals surface area contributed by atoms with Gasteiger partial charge in [0.05, 0.1) is 18.2 Å². The summed E-state index contributed by atoms with van der Waals surface area (Å²) >= 11 is 3.56. The van der Waals surface area contributed by atoms with Crippen LogP contribution in [0.1, 0.15) is 53.5 Å². The van der Waals surface area contributed by atoms with Gasteiger partial charge in [-0.05, 0) is 66.2 Å². The zero-order valence-corrected chi connectivity index (χ0v) is 16.6. The highest BCUT2D eigenvalue weighted by Gasteiger charge is 2.25. The minimum atomic E-state index is 0.0798. The Balaban J connectivity index is 2.86. The van der Waals surface area contributed by atoms with Crippen LogP contribution in [0.4, 0.5) is 0 Å². The number of nitrogens with one attached hydrogen (secondary N) is 1. The lowest BCUT2D eigenvalue weighted by Gasteiger charge is -2.33. The number of hydrogen-bond donors (Lipinski definition) is 1. The monoisotopic (exact) mass is 371 g/mol. The lowest BCUT2D eigenvalue weighted by atomic mass is 9.82. The number of rotatable bonds is 7. The van der Waals surface area contributed by atoms with Crippen LogP contribution in [0.5, 0.6) is 11.5 Å². The Morgan fingerprint density at radius 3 is 2.27 bits per heavy atom. The Kier molecular flexibility index (Phi) is 6.75. The van der Waals surface area contributed by atoms with E-state index in [2.05, 4.69) is 61.9 Å². The molecule has 0 atom stereocenters. The summed E-state index contributed by atoms with van der Waals surface area (Å²) in [5.41, 5.74) is 1.56. The molecule has 4 heteroatoms. The molecule has 0 aliphatic carbocycles. The third kappa shape index (κ3) is 6.17. The first-order valence-corrected chi connectivity index (χ1v) is 8.61. The second-order valence-electron chi connectivity index (χ2n) is 7.52. The van der Waals surface area contributed by atoms with E-state index in [0.29, 0.717) is 12.0 Å². The minimum Gasteiger partial charge on any atom is -0.492 e. The number of methoxy groups -OCH3 is 1. The zero-order chi connectivity index (χ0) is 17.0. The Morgan fingerprint density at radius 2 is 1.77 bits per heavy atom. The molecule has 1 rings (SSSR count). The van der Waals surface area contributed by atoms with E-state index in [9.17, 15) is 0 Å². The molecule has 0 unspecified atom stereocenters. The van der Waals surface area contributed by atoms with Crippen molar-refractivity contribution < 1.29 is 9.47 Å². The molecule has 0 aliphatic heterocycles. The van der Waals surface area contributed by atoms with Gasteiger partial charge in [0.15, 0.2) is 11.5 Å². The van der Waals surface area contributed by atoms with E-state index in [1.54, 1.807) is 7.11 Å². The van der Waals surface area contributed by atoms with E-state index in [0.717, 1.165) is 28.9 Å². The largest absolute Gasteiger partial charge is 0.492 e. The Morgan fingerprint density at radius 1 is 1.14 bits per heavy atom. The van der Waals surface area contributed by atoms with Gasteiger partial charge in [0.2, 0.25) is 0 Å². The molecule has 1 N–H and O–H groups in total. The van der Waals surface area contributed by atoms with Gasteiger partial charge in [-0.3, -0.25) is 0 Å². The predicted molar refractivity (Wildman–Crippen MR) is 96.9 cm³/mol. The van der Waals surface area contributed by atoms with Crippen LogP contribution in [0, 0.1) is 5.41 Å². The van der Waals surface area contributed by atoms with E-state index in [1.165, 1.54) is 5.56 Å². The van der Waals surface area contributed by atoms with Crippen LogP contribution >= 0.6 is 15.9 Å². The highest BCUT2D eigenvalue weighted by atomic mass is 79.9. The number of hydrogen-bond acceptors (Lipinski definition) is 3. The number of halogens is 1. The first-order chi connectivity index (χ1) is 10.1. The smallest absolute Gasteiger partial charge is 0.174 e. The summed E-state index contributed by atoms with van der Waals surface area (Å²) in [4.78, 5) is 0.